The van der Waals surface area contributed by atoms with Gasteiger partial charge in [-0.1, -0.05) is 22.0 Å². The Morgan fingerprint density at radius 1 is 1.06 bits per heavy atom. The Hall–Kier alpha value is -1.31. The number of halogens is 2. The normalized spacial score (nSPS) is 9.89. The summed E-state index contributed by atoms with van der Waals surface area (Å²) in [4.78, 5) is 0. The molecule has 18 heavy (non-hydrogen) atoms. The van der Waals surface area contributed by atoms with Crippen LogP contribution < -0.4 is 4.74 Å². The van der Waals surface area contributed by atoms with Gasteiger partial charge in [0.25, 0.3) is 0 Å². The minimum absolute atomic E-state index is 0.532. The zero-order valence-electron chi connectivity index (χ0n) is 9.58. The first-order valence-electron chi connectivity index (χ1n) is 5.24. The number of ether oxygens (including phenoxy) is 1. The number of nitrogens with zero attached hydrogens (tertiary/aromatic N) is 1. The zero-order chi connectivity index (χ0) is 13.1. The van der Waals surface area contributed by atoms with Crippen molar-refractivity contribution < 1.29 is 4.74 Å². The molecule has 0 saturated heterocycles. The molecule has 2 aromatic rings. The van der Waals surface area contributed by atoms with Crippen molar-refractivity contribution in [2.75, 3.05) is 0 Å². The second kappa shape index (κ2) is 5.55. The van der Waals surface area contributed by atoms with E-state index in [1.54, 1.807) is 0 Å². The molecule has 0 radical (unpaired) electrons. The minimum Gasteiger partial charge on any atom is -0.455 e. The first-order chi connectivity index (χ1) is 8.60. The van der Waals surface area contributed by atoms with Gasteiger partial charge in [0.2, 0.25) is 0 Å². The van der Waals surface area contributed by atoms with Gasteiger partial charge < -0.3 is 4.74 Å². The van der Waals surface area contributed by atoms with Gasteiger partial charge in [0.15, 0.2) is 0 Å². The summed E-state index contributed by atoms with van der Waals surface area (Å²) in [5.41, 5.74) is 1.57. The number of hydrogen-bond acceptors (Lipinski definition) is 2. The average Bonchev–Trinajstić information content (AvgIpc) is 2.34. The lowest BCUT2D eigenvalue weighted by Crippen LogP contribution is -1.90. The maximum Gasteiger partial charge on any atom is 0.145 e. The fraction of sp³-hybridized carbons (Fsp3) is 0.0714. The predicted molar refractivity (Wildman–Crippen MR) is 77.8 cm³/mol. The largest absolute Gasteiger partial charge is 0.455 e. The van der Waals surface area contributed by atoms with E-state index in [-0.39, 0.29) is 0 Å². The van der Waals surface area contributed by atoms with Gasteiger partial charge in [0, 0.05) is 4.47 Å². The van der Waals surface area contributed by atoms with Crippen molar-refractivity contribution in [3.8, 4) is 17.6 Å². The molecule has 0 aliphatic heterocycles. The van der Waals surface area contributed by atoms with Gasteiger partial charge in [-0.2, -0.15) is 5.26 Å². The third-order valence-electron chi connectivity index (χ3n) is 2.37. The van der Waals surface area contributed by atoms with E-state index < -0.39 is 0 Å². The fourth-order valence-corrected chi connectivity index (χ4v) is 2.62. The second-order valence-corrected chi connectivity index (χ2v) is 5.56. The molecule has 0 atom stereocenters. The van der Waals surface area contributed by atoms with Crippen LogP contribution in [0, 0.1) is 18.3 Å². The molecule has 4 heteroatoms. The van der Waals surface area contributed by atoms with Gasteiger partial charge >= 0.3 is 0 Å². The van der Waals surface area contributed by atoms with Crippen LogP contribution in [0.2, 0.25) is 0 Å². The Kier molecular flexibility index (Phi) is 4.05. The molecule has 0 N–H and O–H groups in total. The number of nitriles is 1. The molecule has 0 amide bonds. The Labute approximate surface area is 122 Å². The average molecular weight is 367 g/mol. The van der Waals surface area contributed by atoms with Crippen LogP contribution in [-0.2, 0) is 0 Å². The number of rotatable bonds is 2. The highest BCUT2D eigenvalue weighted by Crippen LogP contribution is 2.33. The quantitative estimate of drug-likeness (QED) is 0.733. The highest BCUT2D eigenvalue weighted by Gasteiger charge is 2.07. The molecule has 0 aliphatic rings. The van der Waals surface area contributed by atoms with Gasteiger partial charge in [-0.25, -0.2) is 0 Å². The van der Waals surface area contributed by atoms with E-state index in [1.165, 1.54) is 0 Å². The molecule has 0 aromatic heterocycles. The third-order valence-corrected chi connectivity index (χ3v) is 3.48. The maximum absolute atomic E-state index is 9.09. The van der Waals surface area contributed by atoms with E-state index in [4.69, 9.17) is 10.00 Å². The van der Waals surface area contributed by atoms with Crippen molar-refractivity contribution in [2.24, 2.45) is 0 Å². The number of benzene rings is 2. The minimum atomic E-state index is 0.532. The van der Waals surface area contributed by atoms with Crippen molar-refractivity contribution in [3.63, 3.8) is 0 Å². The Morgan fingerprint density at radius 2 is 1.78 bits per heavy atom. The molecule has 0 bridgehead atoms. The molecule has 2 aromatic carbocycles. The zero-order valence-corrected chi connectivity index (χ0v) is 12.7. The molecular formula is C14H9Br2NO. The summed E-state index contributed by atoms with van der Waals surface area (Å²) in [5, 5.41) is 9.09. The monoisotopic (exact) mass is 365 g/mol. The summed E-state index contributed by atoms with van der Waals surface area (Å²) in [6.07, 6.45) is 0. The number of aryl methyl sites for hydroxylation is 1. The van der Waals surface area contributed by atoms with Crippen LogP contribution in [0.15, 0.2) is 45.3 Å². The molecule has 0 aliphatic carbocycles. The van der Waals surface area contributed by atoms with E-state index >= 15 is 0 Å². The SMILES string of the molecule is Cc1ccc(Oc2ccc(Br)cc2Br)c(C#N)c1. The van der Waals surface area contributed by atoms with Gasteiger partial charge in [0.1, 0.15) is 17.6 Å². The lowest BCUT2D eigenvalue weighted by molar-refractivity contribution is 0.478. The lowest BCUT2D eigenvalue weighted by atomic mass is 10.1. The molecule has 90 valence electrons. The van der Waals surface area contributed by atoms with Crippen LogP contribution in [0.5, 0.6) is 11.5 Å². The summed E-state index contributed by atoms with van der Waals surface area (Å²) in [6, 6.07) is 13.3. The van der Waals surface area contributed by atoms with Gasteiger partial charge in [-0.3, -0.25) is 0 Å². The van der Waals surface area contributed by atoms with E-state index in [2.05, 4.69) is 37.9 Å². The molecule has 0 unspecified atom stereocenters. The molecular weight excluding hydrogens is 358 g/mol. The smallest absolute Gasteiger partial charge is 0.145 e. The fourth-order valence-electron chi connectivity index (χ4n) is 1.50. The molecule has 0 heterocycles. The Morgan fingerprint density at radius 3 is 2.44 bits per heavy atom. The van der Waals surface area contributed by atoms with Crippen LogP contribution in [0.25, 0.3) is 0 Å². The first kappa shape index (κ1) is 13.1. The molecule has 2 rings (SSSR count). The van der Waals surface area contributed by atoms with Crippen LogP contribution in [-0.4, -0.2) is 0 Å². The van der Waals surface area contributed by atoms with Crippen molar-refractivity contribution in [1.29, 1.82) is 5.26 Å². The predicted octanol–water partition coefficient (Wildman–Crippen LogP) is 5.18. The molecule has 0 saturated carbocycles. The topological polar surface area (TPSA) is 33.0 Å². The van der Waals surface area contributed by atoms with Crippen LogP contribution in [0.4, 0.5) is 0 Å². The summed E-state index contributed by atoms with van der Waals surface area (Å²) in [5.74, 6) is 1.24. The van der Waals surface area contributed by atoms with Crippen molar-refractivity contribution in [1.82, 2.24) is 0 Å². The van der Waals surface area contributed by atoms with Gasteiger partial charge in [-0.15, -0.1) is 0 Å². The Balaban J connectivity index is 2.37. The number of hydrogen-bond donors (Lipinski definition) is 0. The second-order valence-electron chi connectivity index (χ2n) is 3.79. The van der Waals surface area contributed by atoms with Crippen LogP contribution >= 0.6 is 31.9 Å². The van der Waals surface area contributed by atoms with E-state index in [9.17, 15) is 0 Å². The van der Waals surface area contributed by atoms with Crippen molar-refractivity contribution in [3.05, 3.63) is 56.5 Å². The molecule has 2 nitrogen and oxygen atoms in total. The highest BCUT2D eigenvalue weighted by molar-refractivity contribution is 9.11. The van der Waals surface area contributed by atoms with E-state index in [0.29, 0.717) is 17.1 Å². The third kappa shape index (κ3) is 2.92. The Bertz CT molecular complexity index is 632. The van der Waals surface area contributed by atoms with Crippen molar-refractivity contribution >= 4 is 31.9 Å². The summed E-state index contributed by atoms with van der Waals surface area (Å²) < 4.78 is 7.55. The summed E-state index contributed by atoms with van der Waals surface area (Å²) in [6.45, 7) is 1.94. The lowest BCUT2D eigenvalue weighted by Gasteiger charge is -2.09. The van der Waals surface area contributed by atoms with E-state index in [1.807, 2.05) is 43.3 Å². The maximum atomic E-state index is 9.09. The van der Waals surface area contributed by atoms with E-state index in [0.717, 1.165) is 14.5 Å². The van der Waals surface area contributed by atoms with Crippen molar-refractivity contribution in [2.45, 2.75) is 6.92 Å². The van der Waals surface area contributed by atoms with Gasteiger partial charge in [0.05, 0.1) is 10.0 Å². The van der Waals surface area contributed by atoms with Crippen LogP contribution in [0.1, 0.15) is 11.1 Å². The standard InChI is InChI=1S/C14H9Br2NO/c1-9-2-4-13(10(6-9)8-17)18-14-5-3-11(15)7-12(14)16/h2-7H,1H3. The highest BCUT2D eigenvalue weighted by atomic mass is 79.9. The first-order valence-corrected chi connectivity index (χ1v) is 6.82. The summed E-state index contributed by atoms with van der Waals surface area (Å²) >= 11 is 6.81. The molecule has 0 fully saturated rings. The molecule has 0 spiro atoms. The van der Waals surface area contributed by atoms with Crippen LogP contribution in [0.3, 0.4) is 0 Å². The summed E-state index contributed by atoms with van der Waals surface area (Å²) in [7, 11) is 0. The van der Waals surface area contributed by atoms with Gasteiger partial charge in [-0.05, 0) is 58.7 Å².